The van der Waals surface area contributed by atoms with E-state index in [2.05, 4.69) is 24.5 Å². The molecule has 0 saturated heterocycles. The third-order valence-corrected chi connectivity index (χ3v) is 3.30. The molecule has 1 rings (SSSR count). The smallest absolute Gasteiger partial charge is 0.0558 e. The molecule has 0 aromatic heterocycles. The molecule has 3 heteroatoms. The Labute approximate surface area is 86.7 Å². The minimum atomic E-state index is 0.291. The van der Waals surface area contributed by atoms with Crippen LogP contribution in [0.25, 0.3) is 0 Å². The standard InChI is InChI=1S/C10H21NOS/c1-2-9(8-13)7-11(5-6-12)10-3-4-10/h9-10,12-13H,2-8H2,1H3. The fourth-order valence-corrected chi connectivity index (χ4v) is 2.01. The summed E-state index contributed by atoms with van der Waals surface area (Å²) in [6.45, 7) is 4.46. The van der Waals surface area contributed by atoms with Crippen molar-refractivity contribution in [1.82, 2.24) is 4.90 Å². The molecule has 78 valence electrons. The average molecular weight is 203 g/mol. The van der Waals surface area contributed by atoms with Gasteiger partial charge in [0.15, 0.2) is 0 Å². The Morgan fingerprint density at radius 1 is 1.54 bits per heavy atom. The molecule has 0 aromatic rings. The Morgan fingerprint density at radius 3 is 2.62 bits per heavy atom. The zero-order valence-corrected chi connectivity index (χ0v) is 9.34. The predicted octanol–water partition coefficient (Wildman–Crippen LogP) is 1.40. The molecule has 0 radical (unpaired) electrons. The normalized spacial score (nSPS) is 19.4. The third kappa shape index (κ3) is 3.88. The first-order valence-electron chi connectivity index (χ1n) is 5.27. The summed E-state index contributed by atoms with van der Waals surface area (Å²) in [6.07, 6.45) is 3.84. The minimum Gasteiger partial charge on any atom is -0.395 e. The number of nitrogens with zero attached hydrogens (tertiary/aromatic N) is 1. The van der Waals surface area contributed by atoms with E-state index >= 15 is 0 Å². The van der Waals surface area contributed by atoms with Gasteiger partial charge in [-0.3, -0.25) is 4.90 Å². The van der Waals surface area contributed by atoms with Crippen molar-refractivity contribution in [2.75, 3.05) is 25.4 Å². The van der Waals surface area contributed by atoms with Crippen LogP contribution in [0.1, 0.15) is 26.2 Å². The second kappa shape index (κ2) is 5.89. The quantitative estimate of drug-likeness (QED) is 0.611. The van der Waals surface area contributed by atoms with Crippen molar-refractivity contribution < 1.29 is 5.11 Å². The summed E-state index contributed by atoms with van der Waals surface area (Å²) >= 11 is 4.34. The van der Waals surface area contributed by atoms with Crippen molar-refractivity contribution in [1.29, 1.82) is 0 Å². The molecule has 1 aliphatic carbocycles. The van der Waals surface area contributed by atoms with E-state index in [9.17, 15) is 0 Å². The van der Waals surface area contributed by atoms with Gasteiger partial charge >= 0.3 is 0 Å². The van der Waals surface area contributed by atoms with Gasteiger partial charge in [0.25, 0.3) is 0 Å². The molecule has 0 aromatic carbocycles. The summed E-state index contributed by atoms with van der Waals surface area (Å²) in [5.74, 6) is 1.65. The van der Waals surface area contributed by atoms with E-state index in [1.165, 1.54) is 19.3 Å². The minimum absolute atomic E-state index is 0.291. The average Bonchev–Trinajstić information content (AvgIpc) is 2.95. The number of rotatable bonds is 7. The largest absolute Gasteiger partial charge is 0.395 e. The van der Waals surface area contributed by atoms with E-state index in [1.807, 2.05) is 0 Å². The lowest BCUT2D eigenvalue weighted by atomic mass is 10.1. The Hall–Kier alpha value is 0.270. The molecule has 1 saturated carbocycles. The summed E-state index contributed by atoms with van der Waals surface area (Å²) in [5.41, 5.74) is 0. The Morgan fingerprint density at radius 2 is 2.23 bits per heavy atom. The van der Waals surface area contributed by atoms with Gasteiger partial charge in [-0.15, -0.1) is 0 Å². The number of aliphatic hydroxyl groups is 1. The van der Waals surface area contributed by atoms with Gasteiger partial charge in [0.2, 0.25) is 0 Å². The van der Waals surface area contributed by atoms with Crippen molar-refractivity contribution in [2.45, 2.75) is 32.2 Å². The second-order valence-corrected chi connectivity index (χ2v) is 4.27. The van der Waals surface area contributed by atoms with Crippen LogP contribution in [0.15, 0.2) is 0 Å². The maximum Gasteiger partial charge on any atom is 0.0558 e. The molecule has 1 fully saturated rings. The number of hydrogen-bond donors (Lipinski definition) is 2. The van der Waals surface area contributed by atoms with Crippen molar-refractivity contribution in [3.05, 3.63) is 0 Å². The van der Waals surface area contributed by atoms with Gasteiger partial charge < -0.3 is 5.11 Å². The van der Waals surface area contributed by atoms with Crippen LogP contribution in [0.4, 0.5) is 0 Å². The Bertz CT molecular complexity index is 135. The van der Waals surface area contributed by atoms with Crippen LogP contribution >= 0.6 is 12.6 Å². The summed E-state index contributed by atoms with van der Waals surface area (Å²) in [4.78, 5) is 2.42. The van der Waals surface area contributed by atoms with Crippen LogP contribution in [0.3, 0.4) is 0 Å². The summed E-state index contributed by atoms with van der Waals surface area (Å²) in [5, 5.41) is 8.91. The van der Waals surface area contributed by atoms with E-state index in [0.29, 0.717) is 12.5 Å². The first kappa shape index (κ1) is 11.3. The second-order valence-electron chi connectivity index (χ2n) is 3.91. The molecule has 1 N–H and O–H groups in total. The molecule has 1 unspecified atom stereocenters. The summed E-state index contributed by atoms with van der Waals surface area (Å²) in [7, 11) is 0. The molecule has 1 atom stereocenters. The highest BCUT2D eigenvalue weighted by molar-refractivity contribution is 7.80. The lowest BCUT2D eigenvalue weighted by Crippen LogP contribution is -2.34. The summed E-state index contributed by atoms with van der Waals surface area (Å²) < 4.78 is 0. The molecule has 2 nitrogen and oxygen atoms in total. The lowest BCUT2D eigenvalue weighted by Gasteiger charge is -2.25. The maximum absolute atomic E-state index is 8.91. The molecule has 0 amide bonds. The zero-order valence-electron chi connectivity index (χ0n) is 8.45. The molecule has 0 aliphatic heterocycles. The van der Waals surface area contributed by atoms with Crippen LogP contribution in [0, 0.1) is 5.92 Å². The molecular formula is C10H21NOS. The van der Waals surface area contributed by atoms with E-state index in [0.717, 1.165) is 24.9 Å². The SMILES string of the molecule is CCC(CS)CN(CCO)C1CC1. The van der Waals surface area contributed by atoms with Crippen LogP contribution in [-0.2, 0) is 0 Å². The molecule has 0 heterocycles. The zero-order chi connectivity index (χ0) is 9.68. The van der Waals surface area contributed by atoms with E-state index in [-0.39, 0.29) is 0 Å². The van der Waals surface area contributed by atoms with E-state index in [4.69, 9.17) is 5.11 Å². The van der Waals surface area contributed by atoms with Gasteiger partial charge in [-0.1, -0.05) is 13.3 Å². The fourth-order valence-electron chi connectivity index (χ4n) is 1.64. The molecular weight excluding hydrogens is 182 g/mol. The number of aliphatic hydroxyl groups excluding tert-OH is 1. The third-order valence-electron chi connectivity index (χ3n) is 2.78. The van der Waals surface area contributed by atoms with Gasteiger partial charge in [0, 0.05) is 19.1 Å². The molecule has 1 aliphatic rings. The molecule has 13 heavy (non-hydrogen) atoms. The van der Waals surface area contributed by atoms with Crippen molar-refractivity contribution in [2.24, 2.45) is 5.92 Å². The highest BCUT2D eigenvalue weighted by Gasteiger charge is 2.29. The van der Waals surface area contributed by atoms with Crippen molar-refractivity contribution in [3.8, 4) is 0 Å². The summed E-state index contributed by atoms with van der Waals surface area (Å²) in [6, 6.07) is 0.765. The monoisotopic (exact) mass is 203 g/mol. The van der Waals surface area contributed by atoms with E-state index in [1.54, 1.807) is 0 Å². The Kier molecular flexibility index (Phi) is 5.14. The fraction of sp³-hybridized carbons (Fsp3) is 1.00. The van der Waals surface area contributed by atoms with Gasteiger partial charge in [-0.25, -0.2) is 0 Å². The van der Waals surface area contributed by atoms with E-state index < -0.39 is 0 Å². The highest BCUT2D eigenvalue weighted by Crippen LogP contribution is 2.27. The highest BCUT2D eigenvalue weighted by atomic mass is 32.1. The van der Waals surface area contributed by atoms with Crippen LogP contribution < -0.4 is 0 Å². The van der Waals surface area contributed by atoms with Crippen molar-refractivity contribution >= 4 is 12.6 Å². The van der Waals surface area contributed by atoms with Gasteiger partial charge in [0.1, 0.15) is 0 Å². The van der Waals surface area contributed by atoms with Crippen LogP contribution in [0.2, 0.25) is 0 Å². The van der Waals surface area contributed by atoms with Gasteiger partial charge in [-0.2, -0.15) is 12.6 Å². The first-order valence-corrected chi connectivity index (χ1v) is 5.90. The first-order chi connectivity index (χ1) is 6.31. The molecule has 0 bridgehead atoms. The predicted molar refractivity (Wildman–Crippen MR) is 59.3 cm³/mol. The topological polar surface area (TPSA) is 23.5 Å². The molecule has 0 spiro atoms. The van der Waals surface area contributed by atoms with Crippen LogP contribution in [-0.4, -0.2) is 41.5 Å². The van der Waals surface area contributed by atoms with Gasteiger partial charge in [0.05, 0.1) is 6.61 Å². The number of thiol groups is 1. The number of hydrogen-bond acceptors (Lipinski definition) is 3. The van der Waals surface area contributed by atoms with Crippen molar-refractivity contribution in [3.63, 3.8) is 0 Å². The van der Waals surface area contributed by atoms with Gasteiger partial charge in [-0.05, 0) is 24.5 Å². The Balaban J connectivity index is 2.27. The lowest BCUT2D eigenvalue weighted by molar-refractivity contribution is 0.171. The maximum atomic E-state index is 8.91. The van der Waals surface area contributed by atoms with Crippen LogP contribution in [0.5, 0.6) is 0 Å².